The first-order chi connectivity index (χ1) is 9.79. The van der Waals surface area contributed by atoms with Gasteiger partial charge < -0.3 is 4.74 Å². The quantitative estimate of drug-likeness (QED) is 0.795. The lowest BCUT2D eigenvalue weighted by atomic mass is 9.89. The molecule has 1 aliphatic carbocycles. The summed E-state index contributed by atoms with van der Waals surface area (Å²) in [5.41, 5.74) is 3.18. The lowest BCUT2D eigenvalue weighted by molar-refractivity contribution is 0.183. The molecule has 3 heteroatoms. The Morgan fingerprint density at radius 1 is 1.15 bits per heavy atom. The molecule has 0 amide bonds. The number of rotatable bonds is 2. The van der Waals surface area contributed by atoms with Gasteiger partial charge in [0.25, 0.3) is 0 Å². The molecule has 0 heterocycles. The number of hydrogen-bond donors (Lipinski definition) is 0. The summed E-state index contributed by atoms with van der Waals surface area (Å²) >= 11 is 3.40. The maximum absolute atomic E-state index is 9.26. The SMILES string of the molecule is N#Cc1c(Br)cccc1OC1CCCc2ccccc21. The minimum atomic E-state index is 0.0429. The maximum Gasteiger partial charge on any atom is 0.139 e. The van der Waals surface area contributed by atoms with Crippen LogP contribution in [0.5, 0.6) is 5.75 Å². The van der Waals surface area contributed by atoms with Gasteiger partial charge in [0, 0.05) is 4.47 Å². The highest BCUT2D eigenvalue weighted by Crippen LogP contribution is 2.36. The number of aryl methyl sites for hydroxylation is 1. The Labute approximate surface area is 127 Å². The third kappa shape index (κ3) is 2.44. The smallest absolute Gasteiger partial charge is 0.139 e. The summed E-state index contributed by atoms with van der Waals surface area (Å²) in [6.07, 6.45) is 3.27. The van der Waals surface area contributed by atoms with Crippen LogP contribution >= 0.6 is 15.9 Å². The zero-order chi connectivity index (χ0) is 13.9. The Hall–Kier alpha value is -1.79. The number of benzene rings is 2. The van der Waals surface area contributed by atoms with Gasteiger partial charge in [-0.3, -0.25) is 0 Å². The fraction of sp³-hybridized carbons (Fsp3) is 0.235. The van der Waals surface area contributed by atoms with Crippen LogP contribution in [0.2, 0.25) is 0 Å². The summed E-state index contributed by atoms with van der Waals surface area (Å²) in [6, 6.07) is 16.2. The van der Waals surface area contributed by atoms with Crippen LogP contribution < -0.4 is 4.74 Å². The number of nitrogens with zero attached hydrogens (tertiary/aromatic N) is 1. The van der Waals surface area contributed by atoms with Gasteiger partial charge in [0.05, 0.1) is 0 Å². The Morgan fingerprint density at radius 2 is 2.00 bits per heavy atom. The van der Waals surface area contributed by atoms with Crippen LogP contribution in [0, 0.1) is 11.3 Å². The molecular formula is C17H14BrNO. The van der Waals surface area contributed by atoms with Gasteiger partial charge in [-0.15, -0.1) is 0 Å². The van der Waals surface area contributed by atoms with Crippen molar-refractivity contribution in [1.29, 1.82) is 5.26 Å². The van der Waals surface area contributed by atoms with E-state index in [1.54, 1.807) is 0 Å². The van der Waals surface area contributed by atoms with Crippen LogP contribution in [0.25, 0.3) is 0 Å². The first-order valence-corrected chi connectivity index (χ1v) is 7.52. The van der Waals surface area contributed by atoms with Crippen molar-refractivity contribution >= 4 is 15.9 Å². The molecule has 100 valence electrons. The van der Waals surface area contributed by atoms with E-state index in [1.165, 1.54) is 11.1 Å². The number of ether oxygens (including phenoxy) is 1. The molecule has 3 rings (SSSR count). The number of hydrogen-bond acceptors (Lipinski definition) is 2. The zero-order valence-corrected chi connectivity index (χ0v) is 12.6. The molecule has 0 aromatic heterocycles. The molecule has 2 aromatic carbocycles. The van der Waals surface area contributed by atoms with E-state index in [4.69, 9.17) is 4.74 Å². The van der Waals surface area contributed by atoms with Gasteiger partial charge in [-0.2, -0.15) is 5.26 Å². The Morgan fingerprint density at radius 3 is 2.85 bits per heavy atom. The van der Waals surface area contributed by atoms with Gasteiger partial charge in [0.15, 0.2) is 0 Å². The van der Waals surface area contributed by atoms with Crippen LogP contribution in [0.3, 0.4) is 0 Å². The number of fused-ring (bicyclic) bond motifs is 1. The predicted octanol–water partition coefficient (Wildman–Crippen LogP) is 4.78. The van der Waals surface area contributed by atoms with E-state index in [0.717, 1.165) is 23.7 Å². The minimum absolute atomic E-state index is 0.0429. The predicted molar refractivity (Wildman–Crippen MR) is 81.6 cm³/mol. The van der Waals surface area contributed by atoms with Crippen molar-refractivity contribution in [2.45, 2.75) is 25.4 Å². The molecule has 0 radical (unpaired) electrons. The first-order valence-electron chi connectivity index (χ1n) is 6.72. The van der Waals surface area contributed by atoms with Gasteiger partial charge >= 0.3 is 0 Å². The molecule has 2 nitrogen and oxygen atoms in total. The molecule has 0 saturated carbocycles. The van der Waals surface area contributed by atoms with Crippen LogP contribution in [-0.2, 0) is 6.42 Å². The molecule has 2 aromatic rings. The van der Waals surface area contributed by atoms with Gasteiger partial charge in [-0.1, -0.05) is 30.3 Å². The molecule has 0 N–H and O–H groups in total. The summed E-state index contributed by atoms with van der Waals surface area (Å²) in [5.74, 6) is 0.656. The van der Waals surface area contributed by atoms with Gasteiger partial charge in [-0.25, -0.2) is 0 Å². The summed E-state index contributed by atoms with van der Waals surface area (Å²) in [5, 5.41) is 9.26. The second kappa shape index (κ2) is 5.68. The van der Waals surface area contributed by atoms with Crippen LogP contribution in [0.1, 0.15) is 35.6 Å². The largest absolute Gasteiger partial charge is 0.484 e. The molecule has 0 bridgehead atoms. The van der Waals surface area contributed by atoms with Crippen molar-refractivity contribution in [2.75, 3.05) is 0 Å². The van der Waals surface area contributed by atoms with E-state index in [1.807, 2.05) is 24.3 Å². The molecular weight excluding hydrogens is 314 g/mol. The van der Waals surface area contributed by atoms with Crippen molar-refractivity contribution < 1.29 is 4.74 Å². The average Bonchev–Trinajstić information content (AvgIpc) is 2.48. The molecule has 0 saturated heterocycles. The van der Waals surface area contributed by atoms with E-state index in [2.05, 4.69) is 40.2 Å². The van der Waals surface area contributed by atoms with Crippen molar-refractivity contribution in [3.05, 3.63) is 63.6 Å². The number of nitriles is 1. The fourth-order valence-corrected chi connectivity index (χ4v) is 3.13. The lowest BCUT2D eigenvalue weighted by Gasteiger charge is -2.26. The molecule has 0 aliphatic heterocycles. The van der Waals surface area contributed by atoms with E-state index in [-0.39, 0.29) is 6.10 Å². The highest BCUT2D eigenvalue weighted by Gasteiger charge is 2.22. The maximum atomic E-state index is 9.26. The normalized spacial score (nSPS) is 17.1. The van der Waals surface area contributed by atoms with Gasteiger partial charge in [0.2, 0.25) is 0 Å². The van der Waals surface area contributed by atoms with Crippen molar-refractivity contribution in [3.8, 4) is 11.8 Å². The summed E-state index contributed by atoms with van der Waals surface area (Å²) in [4.78, 5) is 0. The standard InChI is InChI=1S/C17H14BrNO/c18-15-8-4-10-17(14(15)11-19)20-16-9-3-6-12-5-1-2-7-13(12)16/h1-2,4-5,7-8,10,16H,3,6,9H2. The van der Waals surface area contributed by atoms with Gasteiger partial charge in [-0.05, 0) is 58.5 Å². The second-order valence-electron chi connectivity index (χ2n) is 4.92. The van der Waals surface area contributed by atoms with Gasteiger partial charge in [0.1, 0.15) is 23.5 Å². The molecule has 20 heavy (non-hydrogen) atoms. The average molecular weight is 328 g/mol. The second-order valence-corrected chi connectivity index (χ2v) is 5.78. The third-order valence-corrected chi connectivity index (χ3v) is 4.33. The summed E-state index contributed by atoms with van der Waals surface area (Å²) < 4.78 is 6.91. The molecule has 1 unspecified atom stereocenters. The Balaban J connectivity index is 1.94. The van der Waals surface area contributed by atoms with E-state index < -0.39 is 0 Å². The van der Waals surface area contributed by atoms with Crippen LogP contribution in [0.15, 0.2) is 46.9 Å². The van der Waals surface area contributed by atoms with Crippen LogP contribution in [0.4, 0.5) is 0 Å². The van der Waals surface area contributed by atoms with Crippen molar-refractivity contribution in [3.63, 3.8) is 0 Å². The Kier molecular flexibility index (Phi) is 3.75. The molecule has 1 atom stereocenters. The van der Waals surface area contributed by atoms with E-state index >= 15 is 0 Å². The third-order valence-electron chi connectivity index (χ3n) is 3.67. The summed E-state index contributed by atoms with van der Waals surface area (Å²) in [6.45, 7) is 0. The van der Waals surface area contributed by atoms with Crippen LogP contribution in [-0.4, -0.2) is 0 Å². The molecule has 0 fully saturated rings. The summed E-state index contributed by atoms with van der Waals surface area (Å²) in [7, 11) is 0. The van der Waals surface area contributed by atoms with E-state index in [0.29, 0.717) is 11.3 Å². The molecule has 0 spiro atoms. The monoisotopic (exact) mass is 327 g/mol. The number of halogens is 1. The Bertz CT molecular complexity index is 675. The topological polar surface area (TPSA) is 33.0 Å². The first kappa shape index (κ1) is 13.2. The lowest BCUT2D eigenvalue weighted by Crippen LogP contribution is -2.15. The highest BCUT2D eigenvalue weighted by molar-refractivity contribution is 9.10. The zero-order valence-electron chi connectivity index (χ0n) is 11.0. The molecule has 1 aliphatic rings. The fourth-order valence-electron chi connectivity index (χ4n) is 2.70. The minimum Gasteiger partial charge on any atom is -0.484 e. The highest BCUT2D eigenvalue weighted by atomic mass is 79.9. The van der Waals surface area contributed by atoms with E-state index in [9.17, 15) is 5.26 Å². The van der Waals surface area contributed by atoms with Crippen molar-refractivity contribution in [1.82, 2.24) is 0 Å². The van der Waals surface area contributed by atoms with Crippen molar-refractivity contribution in [2.24, 2.45) is 0 Å².